The summed E-state index contributed by atoms with van der Waals surface area (Å²) in [5, 5.41) is 3.07. The number of hydrogen-bond donors (Lipinski definition) is 2. The van der Waals surface area contributed by atoms with Crippen LogP contribution in [0.15, 0.2) is 17.4 Å². The van der Waals surface area contributed by atoms with E-state index >= 15 is 0 Å². The predicted molar refractivity (Wildman–Crippen MR) is 70.2 cm³/mol. The maximum absolute atomic E-state index is 11.9. The van der Waals surface area contributed by atoms with Crippen LogP contribution in [-0.2, 0) is 10.0 Å². The second-order valence-electron chi connectivity index (χ2n) is 4.13. The Balaban J connectivity index is 0.00000162. The summed E-state index contributed by atoms with van der Waals surface area (Å²) in [6.45, 7) is 3.08. The van der Waals surface area contributed by atoms with Crippen molar-refractivity contribution in [3.8, 4) is 0 Å². The third-order valence-corrected chi connectivity index (χ3v) is 3.92. The molecule has 0 spiro atoms. The average Bonchev–Trinajstić information content (AvgIpc) is 2.79. The first-order chi connectivity index (χ1) is 8.08. The molecule has 2 rings (SSSR count). The van der Waals surface area contributed by atoms with Crippen molar-refractivity contribution in [2.24, 2.45) is 0 Å². The topological polar surface area (TPSA) is 84.0 Å². The normalized spacial score (nSPS) is 19.5. The van der Waals surface area contributed by atoms with Crippen molar-refractivity contribution < 1.29 is 8.42 Å². The van der Waals surface area contributed by atoms with Gasteiger partial charge in [-0.05, 0) is 32.4 Å². The zero-order valence-electron chi connectivity index (χ0n) is 10.1. The monoisotopic (exact) mass is 292 g/mol. The zero-order chi connectivity index (χ0) is 12.3. The molecule has 6 nitrogen and oxygen atoms in total. The van der Waals surface area contributed by atoms with E-state index in [1.165, 1.54) is 6.20 Å². The lowest BCUT2D eigenvalue weighted by Gasteiger charge is -2.11. The number of nitrogens with one attached hydrogen (secondary N) is 2. The van der Waals surface area contributed by atoms with Gasteiger partial charge in [0.15, 0.2) is 0 Å². The molecule has 2 N–H and O–H groups in total. The molecule has 0 radical (unpaired) electrons. The quantitative estimate of drug-likeness (QED) is 0.777. The Kier molecular flexibility index (Phi) is 5.46. The van der Waals surface area contributed by atoms with Crippen molar-refractivity contribution in [1.82, 2.24) is 20.0 Å². The average molecular weight is 293 g/mol. The number of sulfonamides is 1. The van der Waals surface area contributed by atoms with Crippen LogP contribution in [0.1, 0.15) is 18.5 Å². The largest absolute Gasteiger partial charge is 0.313 e. The van der Waals surface area contributed by atoms with Gasteiger partial charge in [-0.3, -0.25) is 0 Å². The van der Waals surface area contributed by atoms with Crippen LogP contribution in [0.25, 0.3) is 0 Å². The van der Waals surface area contributed by atoms with Gasteiger partial charge in [0, 0.05) is 24.5 Å². The molecular weight excluding hydrogens is 276 g/mol. The van der Waals surface area contributed by atoms with Crippen molar-refractivity contribution in [2.45, 2.75) is 31.0 Å². The van der Waals surface area contributed by atoms with E-state index in [2.05, 4.69) is 20.0 Å². The molecular formula is C10H17ClN4O2S. The summed E-state index contributed by atoms with van der Waals surface area (Å²) in [4.78, 5) is 7.68. The van der Waals surface area contributed by atoms with E-state index in [0.29, 0.717) is 12.2 Å². The molecule has 0 bridgehead atoms. The van der Waals surface area contributed by atoms with Gasteiger partial charge in [0.25, 0.3) is 15.2 Å². The maximum atomic E-state index is 11.9. The minimum absolute atomic E-state index is 0. The Labute approximate surface area is 113 Å². The van der Waals surface area contributed by atoms with E-state index in [-0.39, 0.29) is 23.6 Å². The summed E-state index contributed by atoms with van der Waals surface area (Å²) >= 11 is 0. The van der Waals surface area contributed by atoms with Gasteiger partial charge in [0.2, 0.25) is 0 Å². The first-order valence-electron chi connectivity index (χ1n) is 5.60. The maximum Gasteiger partial charge on any atom is 0.276 e. The van der Waals surface area contributed by atoms with E-state index in [0.717, 1.165) is 19.4 Å². The van der Waals surface area contributed by atoms with E-state index in [1.807, 2.05) is 0 Å². The molecule has 1 aliphatic heterocycles. The number of aryl methyl sites for hydroxylation is 1. The molecule has 102 valence electrons. The summed E-state index contributed by atoms with van der Waals surface area (Å²) in [6.07, 6.45) is 3.54. The van der Waals surface area contributed by atoms with Gasteiger partial charge >= 0.3 is 0 Å². The van der Waals surface area contributed by atoms with Crippen LogP contribution in [0.3, 0.4) is 0 Å². The van der Waals surface area contributed by atoms with Crippen LogP contribution in [0.4, 0.5) is 0 Å². The van der Waals surface area contributed by atoms with E-state index in [9.17, 15) is 8.42 Å². The molecule has 1 aromatic heterocycles. The minimum atomic E-state index is -3.58. The van der Waals surface area contributed by atoms with Crippen LogP contribution >= 0.6 is 12.4 Å². The summed E-state index contributed by atoms with van der Waals surface area (Å²) in [6, 6.07) is 1.88. The smallest absolute Gasteiger partial charge is 0.276 e. The van der Waals surface area contributed by atoms with Gasteiger partial charge in [-0.15, -0.1) is 12.4 Å². The molecule has 0 saturated carbocycles. The Hall–Kier alpha value is -0.760. The lowest BCUT2D eigenvalue weighted by atomic mass is 10.2. The number of hydrogen-bond acceptors (Lipinski definition) is 5. The number of rotatable bonds is 4. The molecule has 0 amide bonds. The molecule has 0 aromatic carbocycles. The summed E-state index contributed by atoms with van der Waals surface area (Å²) < 4.78 is 26.3. The molecule has 18 heavy (non-hydrogen) atoms. The highest BCUT2D eigenvalue weighted by Crippen LogP contribution is 2.06. The van der Waals surface area contributed by atoms with E-state index in [1.54, 1.807) is 13.0 Å². The van der Waals surface area contributed by atoms with Gasteiger partial charge in [-0.25, -0.2) is 23.1 Å². The van der Waals surface area contributed by atoms with Crippen LogP contribution in [-0.4, -0.2) is 37.5 Å². The second-order valence-corrected chi connectivity index (χ2v) is 5.79. The Morgan fingerprint density at radius 2 is 2.33 bits per heavy atom. The minimum Gasteiger partial charge on any atom is -0.313 e. The van der Waals surface area contributed by atoms with Crippen molar-refractivity contribution in [2.75, 3.05) is 13.1 Å². The highest BCUT2D eigenvalue weighted by atomic mass is 35.5. The van der Waals surface area contributed by atoms with Crippen molar-refractivity contribution in [1.29, 1.82) is 0 Å². The SMILES string of the molecule is Cc1ccnc(S(=O)(=O)NCC2CCCN2)n1.Cl. The summed E-state index contributed by atoms with van der Waals surface area (Å²) in [5.41, 5.74) is 0.638. The Morgan fingerprint density at radius 3 is 2.94 bits per heavy atom. The highest BCUT2D eigenvalue weighted by Gasteiger charge is 2.21. The van der Waals surface area contributed by atoms with Gasteiger partial charge < -0.3 is 5.32 Å². The second kappa shape index (κ2) is 6.42. The number of halogens is 1. The zero-order valence-corrected chi connectivity index (χ0v) is 11.7. The molecule has 1 atom stereocenters. The summed E-state index contributed by atoms with van der Waals surface area (Å²) in [5.74, 6) is 0. The number of nitrogens with zero attached hydrogens (tertiary/aromatic N) is 2. The van der Waals surface area contributed by atoms with Crippen LogP contribution in [0, 0.1) is 6.92 Å². The molecule has 0 aliphatic carbocycles. The van der Waals surface area contributed by atoms with Gasteiger partial charge in [-0.1, -0.05) is 0 Å². The van der Waals surface area contributed by atoms with Crippen LogP contribution in [0.5, 0.6) is 0 Å². The lowest BCUT2D eigenvalue weighted by molar-refractivity contribution is 0.545. The van der Waals surface area contributed by atoms with E-state index < -0.39 is 10.0 Å². The van der Waals surface area contributed by atoms with Crippen molar-refractivity contribution in [3.05, 3.63) is 18.0 Å². The molecule has 2 heterocycles. The molecule has 1 aromatic rings. The Bertz CT molecular complexity index is 488. The first kappa shape index (κ1) is 15.3. The molecule has 8 heteroatoms. The highest BCUT2D eigenvalue weighted by molar-refractivity contribution is 7.89. The van der Waals surface area contributed by atoms with Crippen LogP contribution < -0.4 is 10.0 Å². The van der Waals surface area contributed by atoms with Gasteiger partial charge in [0.05, 0.1) is 0 Å². The third-order valence-electron chi connectivity index (χ3n) is 2.70. The van der Waals surface area contributed by atoms with E-state index in [4.69, 9.17) is 0 Å². The standard InChI is InChI=1S/C10H16N4O2S.ClH/c1-8-4-6-12-10(14-8)17(15,16)13-7-9-3-2-5-11-9;/h4,6,9,11,13H,2-3,5,7H2,1H3;1H. The fraction of sp³-hybridized carbons (Fsp3) is 0.600. The molecule has 1 aliphatic rings. The van der Waals surface area contributed by atoms with Crippen molar-refractivity contribution >= 4 is 22.4 Å². The Morgan fingerprint density at radius 1 is 1.56 bits per heavy atom. The lowest BCUT2D eigenvalue weighted by Crippen LogP contribution is -2.37. The third kappa shape index (κ3) is 3.88. The summed E-state index contributed by atoms with van der Waals surface area (Å²) in [7, 11) is -3.58. The fourth-order valence-electron chi connectivity index (χ4n) is 1.76. The van der Waals surface area contributed by atoms with Crippen molar-refractivity contribution in [3.63, 3.8) is 0 Å². The fourth-order valence-corrected chi connectivity index (χ4v) is 2.77. The van der Waals surface area contributed by atoms with Gasteiger partial charge in [0.1, 0.15) is 0 Å². The molecule has 1 fully saturated rings. The molecule has 1 unspecified atom stereocenters. The molecule has 1 saturated heterocycles. The van der Waals surface area contributed by atoms with Crippen LogP contribution in [0.2, 0.25) is 0 Å². The number of aromatic nitrogens is 2. The first-order valence-corrected chi connectivity index (χ1v) is 7.09. The predicted octanol–water partition coefficient (Wildman–Crippen LogP) is 0.237. The van der Waals surface area contributed by atoms with Gasteiger partial charge in [-0.2, -0.15) is 0 Å².